The first-order chi connectivity index (χ1) is 6.46. The molecule has 14 heavy (non-hydrogen) atoms. The van der Waals surface area contributed by atoms with Crippen LogP contribution in [0.5, 0.6) is 0 Å². The van der Waals surface area contributed by atoms with E-state index in [2.05, 4.69) is 5.32 Å². The van der Waals surface area contributed by atoms with Crippen molar-refractivity contribution >= 4 is 15.9 Å². The number of amides is 1. The van der Waals surface area contributed by atoms with Gasteiger partial charge < -0.3 is 5.32 Å². The third-order valence-electron chi connectivity index (χ3n) is 2.43. The molecule has 0 saturated carbocycles. The molecule has 0 aromatic carbocycles. The summed E-state index contributed by atoms with van der Waals surface area (Å²) in [6, 6.07) is -0.510. The smallest absolute Gasteiger partial charge is 0.238 e. The Morgan fingerprint density at radius 2 is 2.07 bits per heavy atom. The largest absolute Gasteiger partial charge is 0.358 e. The standard InChI is InChI=1S/C8H16N2O3S/c1-9-8(11)7-5-3-4-6-10(7)14(2,12)13/h7H,3-6H2,1-2H3,(H,9,11)/t7-/m1/s1. The van der Waals surface area contributed by atoms with Crippen LogP contribution in [0.2, 0.25) is 0 Å². The van der Waals surface area contributed by atoms with Gasteiger partial charge in [-0.15, -0.1) is 0 Å². The lowest BCUT2D eigenvalue weighted by Gasteiger charge is -2.32. The Balaban J connectivity index is 2.85. The summed E-state index contributed by atoms with van der Waals surface area (Å²) in [6.45, 7) is 0.455. The Morgan fingerprint density at radius 1 is 1.43 bits per heavy atom. The van der Waals surface area contributed by atoms with Crippen molar-refractivity contribution in [2.75, 3.05) is 19.8 Å². The Labute approximate surface area is 84.5 Å². The van der Waals surface area contributed by atoms with Crippen LogP contribution < -0.4 is 5.32 Å². The van der Waals surface area contributed by atoms with E-state index in [0.29, 0.717) is 13.0 Å². The van der Waals surface area contributed by atoms with Gasteiger partial charge in [-0.05, 0) is 12.8 Å². The molecular weight excluding hydrogens is 204 g/mol. The second-order valence-electron chi connectivity index (χ2n) is 3.50. The molecule has 1 saturated heterocycles. The minimum atomic E-state index is -3.26. The van der Waals surface area contributed by atoms with E-state index in [1.807, 2.05) is 0 Å². The molecule has 1 amide bonds. The quantitative estimate of drug-likeness (QED) is 0.685. The minimum absolute atomic E-state index is 0.213. The molecule has 1 atom stereocenters. The average molecular weight is 220 g/mol. The number of sulfonamides is 1. The third-order valence-corrected chi connectivity index (χ3v) is 3.72. The van der Waals surface area contributed by atoms with Crippen molar-refractivity contribution in [3.8, 4) is 0 Å². The van der Waals surface area contributed by atoms with Crippen LogP contribution in [0.15, 0.2) is 0 Å². The van der Waals surface area contributed by atoms with Crippen LogP contribution in [0.4, 0.5) is 0 Å². The second-order valence-corrected chi connectivity index (χ2v) is 5.43. The molecule has 0 unspecified atom stereocenters. The summed E-state index contributed by atoms with van der Waals surface area (Å²) >= 11 is 0. The number of piperidine rings is 1. The highest BCUT2D eigenvalue weighted by atomic mass is 32.2. The summed E-state index contributed by atoms with van der Waals surface area (Å²) in [5.74, 6) is -0.213. The molecule has 1 aliphatic heterocycles. The molecular formula is C8H16N2O3S. The van der Waals surface area contributed by atoms with E-state index in [-0.39, 0.29) is 5.91 Å². The molecule has 0 bridgehead atoms. The van der Waals surface area contributed by atoms with Gasteiger partial charge in [-0.25, -0.2) is 8.42 Å². The number of carbonyl (C=O) groups is 1. The van der Waals surface area contributed by atoms with E-state index >= 15 is 0 Å². The van der Waals surface area contributed by atoms with Gasteiger partial charge in [-0.1, -0.05) is 6.42 Å². The number of hydrogen-bond acceptors (Lipinski definition) is 3. The normalized spacial score (nSPS) is 24.6. The van der Waals surface area contributed by atoms with Gasteiger partial charge in [-0.2, -0.15) is 4.31 Å². The summed E-state index contributed by atoms with van der Waals surface area (Å²) in [5, 5.41) is 2.49. The molecule has 0 aromatic rings. The van der Waals surface area contributed by atoms with E-state index in [0.717, 1.165) is 19.1 Å². The van der Waals surface area contributed by atoms with Crippen LogP contribution >= 0.6 is 0 Å². The molecule has 0 aromatic heterocycles. The van der Waals surface area contributed by atoms with Crippen molar-refractivity contribution in [3.63, 3.8) is 0 Å². The Morgan fingerprint density at radius 3 is 2.57 bits per heavy atom. The second kappa shape index (κ2) is 4.27. The van der Waals surface area contributed by atoms with Crippen LogP contribution in [0.3, 0.4) is 0 Å². The predicted molar refractivity (Wildman–Crippen MR) is 53.3 cm³/mol. The van der Waals surface area contributed by atoms with Crippen LogP contribution in [-0.4, -0.2) is 44.5 Å². The minimum Gasteiger partial charge on any atom is -0.358 e. The molecule has 6 heteroatoms. The van der Waals surface area contributed by atoms with Gasteiger partial charge in [0.2, 0.25) is 15.9 Å². The zero-order valence-corrected chi connectivity index (χ0v) is 9.30. The fourth-order valence-corrected chi connectivity index (χ4v) is 2.85. The fourth-order valence-electron chi connectivity index (χ4n) is 1.73. The lowest BCUT2D eigenvalue weighted by Crippen LogP contribution is -2.50. The number of nitrogens with zero attached hydrogens (tertiary/aromatic N) is 1. The first-order valence-corrected chi connectivity index (χ1v) is 6.50. The van der Waals surface area contributed by atoms with Gasteiger partial charge in [0.15, 0.2) is 0 Å². The summed E-state index contributed by atoms with van der Waals surface area (Å²) in [6.07, 6.45) is 3.51. The SMILES string of the molecule is CNC(=O)[C@H]1CCCCN1S(C)(=O)=O. The maximum absolute atomic E-state index is 11.4. The summed E-state index contributed by atoms with van der Waals surface area (Å²) < 4.78 is 24.0. The number of nitrogens with one attached hydrogen (secondary N) is 1. The maximum Gasteiger partial charge on any atom is 0.238 e. The highest BCUT2D eigenvalue weighted by Crippen LogP contribution is 2.19. The van der Waals surface area contributed by atoms with Crippen LogP contribution in [0.1, 0.15) is 19.3 Å². The number of likely N-dealkylation sites (N-methyl/N-ethyl adjacent to an activating group) is 1. The van der Waals surface area contributed by atoms with Gasteiger partial charge in [0.25, 0.3) is 0 Å². The first-order valence-electron chi connectivity index (χ1n) is 4.65. The van der Waals surface area contributed by atoms with Gasteiger partial charge in [0, 0.05) is 13.6 Å². The van der Waals surface area contributed by atoms with Gasteiger partial charge in [0.05, 0.1) is 6.26 Å². The molecule has 1 aliphatic rings. The zero-order valence-electron chi connectivity index (χ0n) is 8.49. The molecule has 0 aliphatic carbocycles. The zero-order chi connectivity index (χ0) is 10.8. The lowest BCUT2D eigenvalue weighted by atomic mass is 10.0. The lowest BCUT2D eigenvalue weighted by molar-refractivity contribution is -0.125. The highest BCUT2D eigenvalue weighted by Gasteiger charge is 2.33. The Kier molecular flexibility index (Phi) is 3.49. The van der Waals surface area contributed by atoms with E-state index in [4.69, 9.17) is 0 Å². The van der Waals surface area contributed by atoms with Gasteiger partial charge in [-0.3, -0.25) is 4.79 Å². The Bertz CT molecular complexity index is 313. The number of hydrogen-bond donors (Lipinski definition) is 1. The van der Waals surface area contributed by atoms with Crippen molar-refractivity contribution in [1.82, 2.24) is 9.62 Å². The van der Waals surface area contributed by atoms with Crippen molar-refractivity contribution in [3.05, 3.63) is 0 Å². The monoisotopic (exact) mass is 220 g/mol. The van der Waals surface area contributed by atoms with Crippen molar-refractivity contribution in [2.24, 2.45) is 0 Å². The van der Waals surface area contributed by atoms with Crippen LogP contribution in [-0.2, 0) is 14.8 Å². The molecule has 5 nitrogen and oxygen atoms in total. The molecule has 1 N–H and O–H groups in total. The number of carbonyl (C=O) groups excluding carboxylic acids is 1. The van der Waals surface area contributed by atoms with Crippen molar-refractivity contribution in [1.29, 1.82) is 0 Å². The first kappa shape index (κ1) is 11.5. The molecule has 0 radical (unpaired) electrons. The van der Waals surface area contributed by atoms with Gasteiger partial charge in [0.1, 0.15) is 6.04 Å². The van der Waals surface area contributed by atoms with E-state index in [1.54, 1.807) is 0 Å². The fraction of sp³-hybridized carbons (Fsp3) is 0.875. The summed E-state index contributed by atoms with van der Waals surface area (Å²) in [5.41, 5.74) is 0. The topological polar surface area (TPSA) is 66.5 Å². The summed E-state index contributed by atoms with van der Waals surface area (Å²) in [4.78, 5) is 11.4. The maximum atomic E-state index is 11.4. The molecule has 0 spiro atoms. The highest BCUT2D eigenvalue weighted by molar-refractivity contribution is 7.88. The predicted octanol–water partition coefficient (Wildman–Crippen LogP) is -0.454. The Hall–Kier alpha value is -0.620. The van der Waals surface area contributed by atoms with Crippen molar-refractivity contribution in [2.45, 2.75) is 25.3 Å². The summed E-state index contributed by atoms with van der Waals surface area (Å²) in [7, 11) is -1.73. The number of rotatable bonds is 2. The van der Waals surface area contributed by atoms with Crippen LogP contribution in [0.25, 0.3) is 0 Å². The molecule has 1 rings (SSSR count). The van der Waals surface area contributed by atoms with Crippen LogP contribution in [0, 0.1) is 0 Å². The average Bonchev–Trinajstić information content (AvgIpc) is 2.15. The molecule has 82 valence electrons. The van der Waals surface area contributed by atoms with E-state index in [1.165, 1.54) is 11.4 Å². The molecule has 1 fully saturated rings. The van der Waals surface area contributed by atoms with E-state index < -0.39 is 16.1 Å². The van der Waals surface area contributed by atoms with Gasteiger partial charge >= 0.3 is 0 Å². The molecule has 1 heterocycles. The third kappa shape index (κ3) is 2.45. The van der Waals surface area contributed by atoms with Crippen molar-refractivity contribution < 1.29 is 13.2 Å². The van der Waals surface area contributed by atoms with E-state index in [9.17, 15) is 13.2 Å².